The summed E-state index contributed by atoms with van der Waals surface area (Å²) in [6, 6.07) is 48.2. The van der Waals surface area contributed by atoms with Crippen LogP contribution in [0.15, 0.2) is 150 Å². The van der Waals surface area contributed by atoms with Crippen LogP contribution in [0.4, 0.5) is 5.69 Å². The number of fused-ring (bicyclic) bond motifs is 3. The highest BCUT2D eigenvalue weighted by atomic mass is 16.3. The predicted octanol–water partition coefficient (Wildman–Crippen LogP) is 10.7. The predicted molar refractivity (Wildman–Crippen MR) is 181 cm³/mol. The lowest BCUT2D eigenvalue weighted by molar-refractivity contribution is 0.669. The molecule has 0 amide bonds. The van der Waals surface area contributed by atoms with Crippen LogP contribution in [-0.4, -0.2) is 15.0 Å². The SMILES string of the molecule is [C-]#[N+]c1ccc(-c2c(-c3nc(-c4ccccc4)nc(-c4ccccc4-c4ccccc4)n3)ccc3oc4ccccc4c23)cc1. The van der Waals surface area contributed by atoms with Crippen LogP contribution in [0.5, 0.6) is 0 Å². The lowest BCUT2D eigenvalue weighted by Crippen LogP contribution is -2.02. The van der Waals surface area contributed by atoms with Gasteiger partial charge in [0, 0.05) is 33.0 Å². The number of aromatic nitrogens is 3. The summed E-state index contributed by atoms with van der Waals surface area (Å²) in [5.74, 6) is 1.73. The van der Waals surface area contributed by atoms with Gasteiger partial charge in [0.05, 0.1) is 6.57 Å². The first-order valence-corrected chi connectivity index (χ1v) is 14.7. The van der Waals surface area contributed by atoms with Gasteiger partial charge in [0.2, 0.25) is 0 Å². The van der Waals surface area contributed by atoms with E-state index < -0.39 is 0 Å². The van der Waals surface area contributed by atoms with E-state index in [0.29, 0.717) is 23.2 Å². The molecule has 0 aliphatic carbocycles. The number of rotatable bonds is 5. The minimum absolute atomic E-state index is 0.554. The maximum absolute atomic E-state index is 7.48. The van der Waals surface area contributed by atoms with E-state index in [1.165, 1.54) is 0 Å². The average molecular weight is 577 g/mol. The zero-order chi connectivity index (χ0) is 30.2. The number of nitrogens with zero attached hydrogens (tertiary/aromatic N) is 4. The maximum Gasteiger partial charge on any atom is 0.187 e. The normalized spacial score (nSPS) is 11.1. The van der Waals surface area contributed by atoms with Crippen LogP contribution >= 0.6 is 0 Å². The molecule has 0 atom stereocenters. The molecular formula is C40H24N4O. The summed E-state index contributed by atoms with van der Waals surface area (Å²) in [4.78, 5) is 18.9. The Balaban J connectivity index is 1.44. The lowest BCUT2D eigenvalue weighted by Gasteiger charge is -2.15. The topological polar surface area (TPSA) is 56.2 Å². The standard InChI is InChI=1S/C40H24N4O/c1-41-29-22-20-27(21-23-29)36-33(24-25-35-37(36)32-18-10-11-19-34(32)45-35)40-43-38(28-14-6-3-7-15-28)42-39(44-40)31-17-9-8-16-30(31)26-12-4-2-5-13-26/h2-25H. The molecule has 0 unspecified atom stereocenters. The molecule has 5 heteroatoms. The molecule has 0 radical (unpaired) electrons. The van der Waals surface area contributed by atoms with Gasteiger partial charge in [0.15, 0.2) is 23.2 Å². The first-order valence-electron chi connectivity index (χ1n) is 14.7. The van der Waals surface area contributed by atoms with Gasteiger partial charge < -0.3 is 4.42 Å². The number of hydrogen-bond donors (Lipinski definition) is 0. The molecule has 6 aromatic carbocycles. The minimum atomic E-state index is 0.554. The molecule has 2 aromatic heterocycles. The molecular weight excluding hydrogens is 552 g/mol. The number of benzene rings is 6. The largest absolute Gasteiger partial charge is 0.456 e. The second kappa shape index (κ2) is 11.0. The van der Waals surface area contributed by atoms with Crippen LogP contribution in [0.2, 0.25) is 0 Å². The highest BCUT2D eigenvalue weighted by Crippen LogP contribution is 2.43. The molecule has 210 valence electrons. The fourth-order valence-corrected chi connectivity index (χ4v) is 5.89. The first kappa shape index (κ1) is 26.3. The van der Waals surface area contributed by atoms with Crippen molar-refractivity contribution in [2.45, 2.75) is 0 Å². The fraction of sp³-hybridized carbons (Fsp3) is 0. The summed E-state index contributed by atoms with van der Waals surface area (Å²) in [5, 5.41) is 1.98. The maximum atomic E-state index is 7.48. The number of para-hydroxylation sites is 1. The van der Waals surface area contributed by atoms with E-state index in [2.05, 4.69) is 35.2 Å². The third-order valence-corrected chi connectivity index (χ3v) is 7.99. The van der Waals surface area contributed by atoms with Gasteiger partial charge in [-0.1, -0.05) is 127 Å². The highest BCUT2D eigenvalue weighted by molar-refractivity contribution is 6.15. The molecule has 8 rings (SSSR count). The van der Waals surface area contributed by atoms with Crippen molar-refractivity contribution in [3.63, 3.8) is 0 Å². The van der Waals surface area contributed by atoms with Gasteiger partial charge in [-0.05, 0) is 34.9 Å². The van der Waals surface area contributed by atoms with Crippen LogP contribution in [0.1, 0.15) is 0 Å². The van der Waals surface area contributed by atoms with Gasteiger partial charge in [-0.25, -0.2) is 19.8 Å². The Morgan fingerprint density at radius 1 is 0.444 bits per heavy atom. The van der Waals surface area contributed by atoms with Crippen molar-refractivity contribution in [2.24, 2.45) is 0 Å². The van der Waals surface area contributed by atoms with Crippen molar-refractivity contribution in [3.8, 4) is 56.4 Å². The lowest BCUT2D eigenvalue weighted by atomic mass is 9.93. The van der Waals surface area contributed by atoms with Crippen LogP contribution in [-0.2, 0) is 0 Å². The molecule has 0 bridgehead atoms. The highest BCUT2D eigenvalue weighted by Gasteiger charge is 2.21. The van der Waals surface area contributed by atoms with Crippen molar-refractivity contribution in [1.82, 2.24) is 15.0 Å². The summed E-state index contributed by atoms with van der Waals surface area (Å²) >= 11 is 0. The van der Waals surface area contributed by atoms with Gasteiger partial charge in [-0.15, -0.1) is 0 Å². The molecule has 5 nitrogen and oxygen atoms in total. The van der Waals surface area contributed by atoms with Crippen LogP contribution in [0, 0.1) is 6.57 Å². The number of hydrogen-bond acceptors (Lipinski definition) is 4. The molecule has 45 heavy (non-hydrogen) atoms. The summed E-state index contributed by atoms with van der Waals surface area (Å²) in [7, 11) is 0. The van der Waals surface area contributed by atoms with E-state index >= 15 is 0 Å². The monoisotopic (exact) mass is 576 g/mol. The van der Waals surface area contributed by atoms with E-state index in [4.69, 9.17) is 25.9 Å². The Bertz CT molecular complexity index is 2370. The molecule has 0 spiro atoms. The summed E-state index contributed by atoms with van der Waals surface area (Å²) in [5.41, 5.74) is 8.85. The third-order valence-electron chi connectivity index (χ3n) is 7.99. The van der Waals surface area contributed by atoms with Gasteiger partial charge in [-0.2, -0.15) is 0 Å². The van der Waals surface area contributed by atoms with Crippen molar-refractivity contribution in [2.75, 3.05) is 0 Å². The van der Waals surface area contributed by atoms with E-state index in [0.717, 1.165) is 60.9 Å². The summed E-state index contributed by atoms with van der Waals surface area (Å²) in [6.07, 6.45) is 0. The molecule has 2 heterocycles. The smallest absolute Gasteiger partial charge is 0.187 e. The van der Waals surface area contributed by atoms with Gasteiger partial charge in [0.25, 0.3) is 0 Å². The summed E-state index contributed by atoms with van der Waals surface area (Å²) < 4.78 is 6.30. The average Bonchev–Trinajstić information content (AvgIpc) is 3.51. The zero-order valence-corrected chi connectivity index (χ0v) is 24.1. The first-order chi connectivity index (χ1) is 22.3. The zero-order valence-electron chi connectivity index (χ0n) is 24.1. The Morgan fingerprint density at radius 2 is 1.04 bits per heavy atom. The van der Waals surface area contributed by atoms with E-state index in [1.807, 2.05) is 115 Å². The Hall–Kier alpha value is -6.38. The third kappa shape index (κ3) is 4.71. The molecule has 0 aliphatic rings. The Kier molecular flexibility index (Phi) is 6.44. The van der Waals surface area contributed by atoms with Gasteiger partial charge in [0.1, 0.15) is 11.2 Å². The fourth-order valence-electron chi connectivity index (χ4n) is 5.89. The van der Waals surface area contributed by atoms with Crippen molar-refractivity contribution < 1.29 is 4.42 Å². The molecule has 0 N–H and O–H groups in total. The second-order valence-corrected chi connectivity index (χ2v) is 10.7. The second-order valence-electron chi connectivity index (χ2n) is 10.7. The molecule has 8 aromatic rings. The van der Waals surface area contributed by atoms with Crippen molar-refractivity contribution >= 4 is 27.6 Å². The Morgan fingerprint density at radius 3 is 1.78 bits per heavy atom. The van der Waals surface area contributed by atoms with Crippen molar-refractivity contribution in [1.29, 1.82) is 0 Å². The Labute approximate surface area is 260 Å². The molecule has 0 saturated carbocycles. The van der Waals surface area contributed by atoms with Gasteiger partial charge >= 0.3 is 0 Å². The quantitative estimate of drug-likeness (QED) is 0.191. The van der Waals surface area contributed by atoms with Crippen LogP contribution < -0.4 is 0 Å². The van der Waals surface area contributed by atoms with Gasteiger partial charge in [-0.3, -0.25) is 0 Å². The molecule has 0 fully saturated rings. The minimum Gasteiger partial charge on any atom is -0.456 e. The molecule has 0 saturated heterocycles. The van der Waals surface area contributed by atoms with E-state index in [9.17, 15) is 0 Å². The van der Waals surface area contributed by atoms with E-state index in [1.54, 1.807) is 0 Å². The van der Waals surface area contributed by atoms with Crippen molar-refractivity contribution in [3.05, 3.63) is 157 Å². The number of furan rings is 1. The molecule has 0 aliphatic heterocycles. The van der Waals surface area contributed by atoms with Crippen LogP contribution in [0.25, 0.3) is 83.2 Å². The van der Waals surface area contributed by atoms with E-state index in [-0.39, 0.29) is 0 Å². The summed E-state index contributed by atoms with van der Waals surface area (Å²) in [6.45, 7) is 7.48. The van der Waals surface area contributed by atoms with Crippen LogP contribution in [0.3, 0.4) is 0 Å².